The number of amidine groups is 1. The lowest BCUT2D eigenvalue weighted by molar-refractivity contribution is -0.121. The third-order valence-corrected chi connectivity index (χ3v) is 3.44. The lowest BCUT2D eigenvalue weighted by Crippen LogP contribution is -2.46. The maximum absolute atomic E-state index is 12.1. The van der Waals surface area contributed by atoms with Gasteiger partial charge in [-0.1, -0.05) is 11.6 Å². The summed E-state index contributed by atoms with van der Waals surface area (Å²) in [4.78, 5) is 33.1. The Bertz CT molecular complexity index is 729. The quantitative estimate of drug-likeness (QED) is 0.757. The second-order valence-corrected chi connectivity index (χ2v) is 5.07. The fourth-order valence-electron chi connectivity index (χ4n) is 2.16. The molecule has 0 saturated heterocycles. The summed E-state index contributed by atoms with van der Waals surface area (Å²) < 4.78 is 0. The Morgan fingerprint density at radius 1 is 1.55 bits per heavy atom. The highest BCUT2D eigenvalue weighted by Gasteiger charge is 2.35. The van der Waals surface area contributed by atoms with Crippen molar-refractivity contribution >= 4 is 40.9 Å². The number of pyridine rings is 1. The normalized spacial score (nSPS) is 19.6. The highest BCUT2D eigenvalue weighted by molar-refractivity contribution is 6.33. The van der Waals surface area contributed by atoms with Crippen molar-refractivity contribution < 1.29 is 9.59 Å². The molecule has 1 aromatic heterocycles. The van der Waals surface area contributed by atoms with Crippen LogP contribution >= 0.6 is 11.6 Å². The van der Waals surface area contributed by atoms with Crippen molar-refractivity contribution in [2.24, 2.45) is 10.9 Å². The smallest absolute Gasteiger partial charge is 0.244 e. The van der Waals surface area contributed by atoms with Crippen molar-refractivity contribution in [2.75, 3.05) is 11.9 Å². The summed E-state index contributed by atoms with van der Waals surface area (Å²) in [7, 11) is 0. The molecular weight excluding hydrogens is 308 g/mol. The molecular formula is C13H11ClN6O2. The minimum Gasteiger partial charge on any atom is -0.326 e. The summed E-state index contributed by atoms with van der Waals surface area (Å²) in [5.41, 5.74) is 0.456. The molecule has 0 aromatic carbocycles. The Hall–Kier alpha value is -2.74. The van der Waals surface area contributed by atoms with E-state index in [0.717, 1.165) is 0 Å². The molecule has 2 aliphatic heterocycles. The van der Waals surface area contributed by atoms with Gasteiger partial charge in [-0.2, -0.15) is 4.99 Å². The van der Waals surface area contributed by atoms with E-state index < -0.39 is 5.92 Å². The van der Waals surface area contributed by atoms with Crippen LogP contribution in [-0.4, -0.2) is 40.0 Å². The molecule has 2 amide bonds. The van der Waals surface area contributed by atoms with Crippen molar-refractivity contribution in [2.45, 2.75) is 0 Å². The Morgan fingerprint density at radius 2 is 2.36 bits per heavy atom. The number of hydrogen-bond acceptors (Lipinski definition) is 5. The molecule has 3 heterocycles. The van der Waals surface area contributed by atoms with E-state index in [4.69, 9.17) is 17.0 Å². The van der Waals surface area contributed by atoms with E-state index >= 15 is 0 Å². The van der Waals surface area contributed by atoms with Gasteiger partial charge in [0.25, 0.3) is 0 Å². The minimum absolute atomic E-state index is 0.0367. The first-order valence-corrected chi connectivity index (χ1v) is 6.75. The molecule has 0 bridgehead atoms. The molecule has 0 spiro atoms. The standard InChI is InChI=1S/C13H11ClN6O2/c14-8-5-16-3-1-9(8)17-10(21)6-20-4-2-7-11(20)18-13(15)19-12(7)22/h1-5,7H,6H2,(H2,15,19,22)(H,16,17,21). The third kappa shape index (κ3) is 2.68. The van der Waals surface area contributed by atoms with Gasteiger partial charge in [-0.3, -0.25) is 25.3 Å². The Kier molecular flexibility index (Phi) is 3.60. The highest BCUT2D eigenvalue weighted by Crippen LogP contribution is 2.21. The van der Waals surface area contributed by atoms with Gasteiger partial charge in [-0.15, -0.1) is 0 Å². The van der Waals surface area contributed by atoms with Crippen LogP contribution in [0.1, 0.15) is 0 Å². The van der Waals surface area contributed by atoms with Gasteiger partial charge in [0.2, 0.25) is 17.8 Å². The van der Waals surface area contributed by atoms with Crippen LogP contribution in [0.25, 0.3) is 0 Å². The van der Waals surface area contributed by atoms with Crippen LogP contribution < -0.4 is 10.6 Å². The molecule has 0 aliphatic carbocycles. The summed E-state index contributed by atoms with van der Waals surface area (Å²) >= 11 is 5.92. The number of nitrogens with zero attached hydrogens (tertiary/aromatic N) is 3. The molecule has 0 radical (unpaired) electrons. The zero-order chi connectivity index (χ0) is 15.7. The first kappa shape index (κ1) is 14.2. The van der Waals surface area contributed by atoms with E-state index in [2.05, 4.69) is 20.6 Å². The number of anilines is 1. The van der Waals surface area contributed by atoms with Crippen LogP contribution in [0.4, 0.5) is 5.69 Å². The lowest BCUT2D eigenvalue weighted by Gasteiger charge is -2.23. The topological polar surface area (TPSA) is 111 Å². The molecule has 0 saturated carbocycles. The van der Waals surface area contributed by atoms with Crippen molar-refractivity contribution in [3.05, 3.63) is 35.8 Å². The third-order valence-electron chi connectivity index (χ3n) is 3.14. The average molecular weight is 319 g/mol. The fourth-order valence-corrected chi connectivity index (χ4v) is 2.33. The number of fused-ring (bicyclic) bond motifs is 1. The zero-order valence-corrected chi connectivity index (χ0v) is 12.0. The molecule has 1 unspecified atom stereocenters. The van der Waals surface area contributed by atoms with Gasteiger partial charge in [-0.05, 0) is 12.1 Å². The first-order chi connectivity index (χ1) is 10.5. The number of carbonyl (C=O) groups is 2. The summed E-state index contributed by atoms with van der Waals surface area (Å²) in [6, 6.07) is 1.59. The SMILES string of the molecule is N=C1N=C2C(C=CN2CC(=O)Nc2ccncc2Cl)C(=O)N1. The lowest BCUT2D eigenvalue weighted by atomic mass is 10.1. The molecule has 1 aromatic rings. The molecule has 112 valence electrons. The number of amides is 2. The van der Waals surface area contributed by atoms with Gasteiger partial charge in [0, 0.05) is 18.6 Å². The second-order valence-electron chi connectivity index (χ2n) is 4.66. The molecule has 0 fully saturated rings. The first-order valence-electron chi connectivity index (χ1n) is 6.37. The van der Waals surface area contributed by atoms with Crippen molar-refractivity contribution in [1.82, 2.24) is 15.2 Å². The van der Waals surface area contributed by atoms with Crippen LogP contribution in [0.15, 0.2) is 35.7 Å². The number of halogens is 1. The maximum atomic E-state index is 12.1. The van der Waals surface area contributed by atoms with E-state index in [1.165, 1.54) is 17.3 Å². The van der Waals surface area contributed by atoms with E-state index in [0.29, 0.717) is 16.5 Å². The Morgan fingerprint density at radius 3 is 3.14 bits per heavy atom. The van der Waals surface area contributed by atoms with E-state index in [-0.39, 0.29) is 24.3 Å². The van der Waals surface area contributed by atoms with Crippen LogP contribution in [0, 0.1) is 11.3 Å². The average Bonchev–Trinajstić information content (AvgIpc) is 2.85. The predicted octanol–water partition coefficient (Wildman–Crippen LogP) is 0.582. The largest absolute Gasteiger partial charge is 0.326 e. The van der Waals surface area contributed by atoms with Gasteiger partial charge in [0.15, 0.2) is 0 Å². The summed E-state index contributed by atoms with van der Waals surface area (Å²) in [5.74, 6) is -1.08. The summed E-state index contributed by atoms with van der Waals surface area (Å²) in [6.07, 6.45) is 6.19. The van der Waals surface area contributed by atoms with Crippen LogP contribution in [0.5, 0.6) is 0 Å². The van der Waals surface area contributed by atoms with Crippen LogP contribution in [0.2, 0.25) is 5.02 Å². The number of rotatable bonds is 3. The highest BCUT2D eigenvalue weighted by atomic mass is 35.5. The van der Waals surface area contributed by atoms with Gasteiger partial charge in [0.1, 0.15) is 18.3 Å². The number of aromatic nitrogens is 1. The Labute approximate surface area is 130 Å². The molecule has 8 nitrogen and oxygen atoms in total. The van der Waals surface area contributed by atoms with Gasteiger partial charge >= 0.3 is 0 Å². The van der Waals surface area contributed by atoms with Crippen molar-refractivity contribution in [1.29, 1.82) is 5.41 Å². The van der Waals surface area contributed by atoms with Crippen molar-refractivity contribution in [3.8, 4) is 0 Å². The number of hydrogen-bond donors (Lipinski definition) is 3. The molecule has 3 N–H and O–H groups in total. The fraction of sp³-hybridized carbons (Fsp3) is 0.154. The van der Waals surface area contributed by atoms with Gasteiger partial charge < -0.3 is 10.2 Å². The van der Waals surface area contributed by atoms with Crippen LogP contribution in [0.3, 0.4) is 0 Å². The zero-order valence-electron chi connectivity index (χ0n) is 11.2. The Balaban J connectivity index is 1.70. The van der Waals surface area contributed by atoms with Gasteiger partial charge in [-0.25, -0.2) is 0 Å². The number of aliphatic imine (C=N–C) groups is 1. The molecule has 22 heavy (non-hydrogen) atoms. The maximum Gasteiger partial charge on any atom is 0.244 e. The molecule has 3 rings (SSSR count). The number of carbonyl (C=O) groups excluding carboxylic acids is 2. The molecule has 1 atom stereocenters. The minimum atomic E-state index is -0.564. The summed E-state index contributed by atoms with van der Waals surface area (Å²) in [5, 5.41) is 12.8. The number of guanidine groups is 1. The van der Waals surface area contributed by atoms with E-state index in [1.807, 2.05) is 0 Å². The van der Waals surface area contributed by atoms with E-state index in [1.54, 1.807) is 18.3 Å². The van der Waals surface area contributed by atoms with E-state index in [9.17, 15) is 9.59 Å². The summed E-state index contributed by atoms with van der Waals surface area (Å²) in [6.45, 7) is -0.0367. The monoisotopic (exact) mass is 318 g/mol. The molecule has 9 heteroatoms. The predicted molar refractivity (Wildman–Crippen MR) is 80.5 cm³/mol. The number of nitrogens with one attached hydrogen (secondary N) is 3. The molecule has 2 aliphatic rings. The van der Waals surface area contributed by atoms with Crippen LogP contribution in [-0.2, 0) is 9.59 Å². The second kappa shape index (κ2) is 5.57. The van der Waals surface area contributed by atoms with Gasteiger partial charge in [0.05, 0.1) is 10.7 Å². The van der Waals surface area contributed by atoms with Crippen molar-refractivity contribution in [3.63, 3.8) is 0 Å².